The highest BCUT2D eigenvalue weighted by molar-refractivity contribution is 8.01. The molecule has 0 aliphatic carbocycles. The number of hydrogen-bond acceptors (Lipinski definition) is 7. The lowest BCUT2D eigenvalue weighted by molar-refractivity contribution is 0.865. The van der Waals surface area contributed by atoms with E-state index in [9.17, 15) is 0 Å². The van der Waals surface area contributed by atoms with E-state index in [2.05, 4.69) is 19.9 Å². The summed E-state index contributed by atoms with van der Waals surface area (Å²) in [5.41, 5.74) is 0.980. The second-order valence-electron chi connectivity index (χ2n) is 4.13. The molecule has 0 unspecified atom stereocenters. The quantitative estimate of drug-likeness (QED) is 0.736. The highest BCUT2D eigenvalue weighted by atomic mass is 35.5. The van der Waals surface area contributed by atoms with Crippen LogP contribution in [-0.4, -0.2) is 34.0 Å². The third kappa shape index (κ3) is 2.84. The molecular weight excluding hydrogens is 314 g/mol. The van der Waals surface area contributed by atoms with E-state index in [0.717, 1.165) is 14.6 Å². The van der Waals surface area contributed by atoms with Crippen LogP contribution in [0.15, 0.2) is 33.8 Å². The van der Waals surface area contributed by atoms with Crippen molar-refractivity contribution in [2.24, 2.45) is 0 Å². The van der Waals surface area contributed by atoms with Crippen LogP contribution < -0.4 is 4.90 Å². The number of para-hydroxylation sites is 1. The topological polar surface area (TPSA) is 54.8 Å². The van der Waals surface area contributed by atoms with Crippen LogP contribution in [0.2, 0.25) is 5.28 Å². The number of fused-ring (bicyclic) bond motifs is 1. The molecule has 0 radical (unpaired) electrons. The highest BCUT2D eigenvalue weighted by Crippen LogP contribution is 2.33. The summed E-state index contributed by atoms with van der Waals surface area (Å²) in [6.07, 6.45) is 0. The molecule has 2 heterocycles. The van der Waals surface area contributed by atoms with Gasteiger partial charge in [0.15, 0.2) is 4.34 Å². The molecule has 0 amide bonds. The highest BCUT2D eigenvalue weighted by Gasteiger charge is 2.11. The molecule has 0 N–H and O–H groups in total. The zero-order valence-corrected chi connectivity index (χ0v) is 13.1. The maximum Gasteiger partial charge on any atom is 0.230 e. The van der Waals surface area contributed by atoms with Gasteiger partial charge in [0.25, 0.3) is 0 Å². The van der Waals surface area contributed by atoms with E-state index in [1.54, 1.807) is 16.2 Å². The third-order valence-electron chi connectivity index (χ3n) is 2.43. The van der Waals surface area contributed by atoms with Gasteiger partial charge in [-0.15, -0.1) is 11.3 Å². The molecule has 102 valence electrons. The first-order valence-corrected chi connectivity index (χ1v) is 7.75. The van der Waals surface area contributed by atoms with Gasteiger partial charge in [0.1, 0.15) is 0 Å². The summed E-state index contributed by atoms with van der Waals surface area (Å²) in [6.45, 7) is 0. The van der Waals surface area contributed by atoms with Gasteiger partial charge in [-0.1, -0.05) is 12.1 Å². The molecule has 8 heteroatoms. The standard InChI is InChI=1S/C12H10ClN5S2/c1-18(2)10-15-9(13)16-11(17-10)20-12-14-7-5-3-4-6-8(7)19-12/h3-6H,1-2H3. The monoisotopic (exact) mass is 323 g/mol. The van der Waals surface area contributed by atoms with Crippen molar-refractivity contribution in [3.05, 3.63) is 29.5 Å². The maximum atomic E-state index is 5.92. The average molecular weight is 324 g/mol. The number of halogens is 1. The molecule has 3 aromatic rings. The Labute approximate surface area is 129 Å². The number of benzene rings is 1. The first-order valence-electron chi connectivity index (χ1n) is 5.74. The minimum atomic E-state index is 0.187. The summed E-state index contributed by atoms with van der Waals surface area (Å²) in [4.78, 5) is 18.9. The lowest BCUT2D eigenvalue weighted by Crippen LogP contribution is -2.13. The number of hydrogen-bond donors (Lipinski definition) is 0. The number of nitrogens with zero attached hydrogens (tertiary/aromatic N) is 5. The van der Waals surface area contributed by atoms with Crippen LogP contribution in [-0.2, 0) is 0 Å². The average Bonchev–Trinajstić information content (AvgIpc) is 2.79. The Balaban J connectivity index is 1.94. The van der Waals surface area contributed by atoms with Gasteiger partial charge in [-0.2, -0.15) is 15.0 Å². The molecule has 0 fully saturated rings. The Bertz CT molecular complexity index is 725. The predicted molar refractivity (Wildman–Crippen MR) is 82.9 cm³/mol. The Morgan fingerprint density at radius 1 is 1.10 bits per heavy atom. The van der Waals surface area contributed by atoms with Gasteiger partial charge in [0.05, 0.1) is 10.2 Å². The summed E-state index contributed by atoms with van der Waals surface area (Å²) in [6, 6.07) is 8.00. The van der Waals surface area contributed by atoms with Gasteiger partial charge in [0.2, 0.25) is 16.4 Å². The van der Waals surface area contributed by atoms with Crippen molar-refractivity contribution in [2.45, 2.75) is 9.50 Å². The number of aromatic nitrogens is 4. The fraction of sp³-hybridized carbons (Fsp3) is 0.167. The number of anilines is 1. The predicted octanol–water partition coefficient (Wildman–Crippen LogP) is 3.35. The van der Waals surface area contributed by atoms with Gasteiger partial charge in [0, 0.05) is 14.1 Å². The molecule has 2 aromatic heterocycles. The van der Waals surface area contributed by atoms with E-state index in [1.807, 2.05) is 38.4 Å². The summed E-state index contributed by atoms with van der Waals surface area (Å²) in [5, 5.41) is 0.736. The summed E-state index contributed by atoms with van der Waals surface area (Å²) in [5.74, 6) is 0.536. The maximum absolute atomic E-state index is 5.92. The number of thiazole rings is 1. The van der Waals surface area contributed by atoms with E-state index < -0.39 is 0 Å². The normalized spacial score (nSPS) is 10.9. The van der Waals surface area contributed by atoms with Crippen LogP contribution in [0.25, 0.3) is 10.2 Å². The molecule has 0 bridgehead atoms. The lowest BCUT2D eigenvalue weighted by atomic mass is 10.3. The SMILES string of the molecule is CN(C)c1nc(Cl)nc(Sc2nc3ccccc3s2)n1. The Kier molecular flexibility index (Phi) is 3.73. The first-order chi connectivity index (χ1) is 9.61. The van der Waals surface area contributed by atoms with E-state index >= 15 is 0 Å². The zero-order valence-electron chi connectivity index (χ0n) is 10.7. The third-order valence-corrected chi connectivity index (χ3v) is 4.56. The molecule has 0 aliphatic rings. The molecule has 0 aliphatic heterocycles. The van der Waals surface area contributed by atoms with E-state index in [0.29, 0.717) is 11.1 Å². The van der Waals surface area contributed by atoms with E-state index in [1.165, 1.54) is 11.8 Å². The van der Waals surface area contributed by atoms with Crippen LogP contribution in [0.5, 0.6) is 0 Å². The van der Waals surface area contributed by atoms with E-state index in [-0.39, 0.29) is 5.28 Å². The Morgan fingerprint density at radius 3 is 2.65 bits per heavy atom. The fourth-order valence-electron chi connectivity index (χ4n) is 1.54. The Hall–Kier alpha value is -1.44. The van der Waals surface area contributed by atoms with Crippen LogP contribution in [0.4, 0.5) is 5.95 Å². The van der Waals surface area contributed by atoms with Crippen molar-refractivity contribution in [1.82, 2.24) is 19.9 Å². The fourth-order valence-corrected chi connectivity index (χ4v) is 3.66. The minimum Gasteiger partial charge on any atom is -0.347 e. The smallest absolute Gasteiger partial charge is 0.230 e. The van der Waals surface area contributed by atoms with Crippen LogP contribution in [0, 0.1) is 0 Å². The van der Waals surface area contributed by atoms with Crippen molar-refractivity contribution in [2.75, 3.05) is 19.0 Å². The van der Waals surface area contributed by atoms with Crippen molar-refractivity contribution >= 4 is 50.9 Å². The summed E-state index contributed by atoms with van der Waals surface area (Å²) in [7, 11) is 3.72. The summed E-state index contributed by atoms with van der Waals surface area (Å²) >= 11 is 8.92. The molecule has 20 heavy (non-hydrogen) atoms. The lowest BCUT2D eigenvalue weighted by Gasteiger charge is -2.09. The molecule has 3 rings (SSSR count). The molecule has 5 nitrogen and oxygen atoms in total. The van der Waals surface area contributed by atoms with Gasteiger partial charge < -0.3 is 4.90 Å². The second-order valence-corrected chi connectivity index (χ2v) is 6.71. The number of rotatable bonds is 3. The second kappa shape index (κ2) is 5.51. The van der Waals surface area contributed by atoms with Crippen molar-refractivity contribution in [1.29, 1.82) is 0 Å². The molecule has 0 atom stereocenters. The van der Waals surface area contributed by atoms with Crippen LogP contribution >= 0.6 is 34.7 Å². The molecular formula is C12H10ClN5S2. The largest absolute Gasteiger partial charge is 0.347 e. The summed E-state index contributed by atoms with van der Waals surface area (Å²) < 4.78 is 2.03. The van der Waals surface area contributed by atoms with Crippen molar-refractivity contribution < 1.29 is 0 Å². The first kappa shape index (κ1) is 13.5. The van der Waals surface area contributed by atoms with Crippen LogP contribution in [0.3, 0.4) is 0 Å². The molecule has 0 spiro atoms. The van der Waals surface area contributed by atoms with Crippen LogP contribution in [0.1, 0.15) is 0 Å². The minimum absolute atomic E-state index is 0.187. The molecule has 0 saturated heterocycles. The molecule has 0 saturated carbocycles. The zero-order chi connectivity index (χ0) is 14.1. The molecule has 1 aromatic carbocycles. The van der Waals surface area contributed by atoms with Gasteiger partial charge >= 0.3 is 0 Å². The van der Waals surface area contributed by atoms with Gasteiger partial charge in [-0.25, -0.2) is 4.98 Å². The Morgan fingerprint density at radius 2 is 1.90 bits per heavy atom. The van der Waals surface area contributed by atoms with E-state index in [4.69, 9.17) is 11.6 Å². The van der Waals surface area contributed by atoms with Crippen molar-refractivity contribution in [3.63, 3.8) is 0 Å². The van der Waals surface area contributed by atoms with Crippen molar-refractivity contribution in [3.8, 4) is 0 Å². The van der Waals surface area contributed by atoms with Gasteiger partial charge in [-0.3, -0.25) is 0 Å². The van der Waals surface area contributed by atoms with Gasteiger partial charge in [-0.05, 0) is 35.5 Å².